The van der Waals surface area contributed by atoms with Crippen LogP contribution in [-0.2, 0) is 13.1 Å². The lowest BCUT2D eigenvalue weighted by Gasteiger charge is -2.25. The molecule has 0 bridgehead atoms. The third-order valence-corrected chi connectivity index (χ3v) is 6.01. The molecule has 0 aliphatic heterocycles. The highest BCUT2D eigenvalue weighted by Gasteiger charge is 2.10. The van der Waals surface area contributed by atoms with Crippen molar-refractivity contribution in [2.45, 2.75) is 27.9 Å². The third kappa shape index (κ3) is 7.44. The third-order valence-electron chi connectivity index (χ3n) is 6.01. The largest absolute Gasteiger partial charge is 0.363 e. The maximum Gasteiger partial charge on any atom is 0.0652 e. The van der Waals surface area contributed by atoms with Gasteiger partial charge < -0.3 is 4.90 Å². The number of hydrogen-bond donors (Lipinski definition) is 0. The second-order valence-electron chi connectivity index (χ2n) is 8.65. The maximum absolute atomic E-state index is 4.84. The molecule has 192 valence electrons. The summed E-state index contributed by atoms with van der Waals surface area (Å²) in [4.78, 5) is 2.41. The predicted molar refractivity (Wildman–Crippen MR) is 165 cm³/mol. The number of anilines is 3. The topological polar surface area (TPSA) is 18.8 Å². The average molecular weight is 500 g/mol. The van der Waals surface area contributed by atoms with E-state index in [4.69, 9.17) is 5.10 Å². The molecule has 0 fully saturated rings. The van der Waals surface area contributed by atoms with Crippen molar-refractivity contribution in [1.29, 1.82) is 0 Å². The summed E-state index contributed by atoms with van der Waals surface area (Å²) in [7, 11) is 0. The summed E-state index contributed by atoms with van der Waals surface area (Å²) in [5.74, 6) is 0. The Morgan fingerprint density at radius 2 is 0.842 bits per heavy atom. The number of rotatable bonds is 9. The molecule has 0 aliphatic rings. The Morgan fingerprint density at radius 1 is 0.447 bits per heavy atom. The van der Waals surface area contributed by atoms with Gasteiger partial charge in [-0.15, -0.1) is 0 Å². The Balaban J connectivity index is 0.00000200. The van der Waals surface area contributed by atoms with Crippen LogP contribution in [0.2, 0.25) is 0 Å². The van der Waals surface area contributed by atoms with Gasteiger partial charge in [0.25, 0.3) is 0 Å². The highest BCUT2D eigenvalue weighted by Crippen LogP contribution is 2.26. The zero-order valence-electron chi connectivity index (χ0n) is 20.2. The first-order chi connectivity index (χ1) is 17.8. The minimum absolute atomic E-state index is 0. The fraction of sp³-hybridized carbons (Fsp3) is 0.114. The van der Waals surface area contributed by atoms with Crippen LogP contribution in [0.5, 0.6) is 0 Å². The first-order valence-corrected chi connectivity index (χ1v) is 12.2. The summed E-state index contributed by atoms with van der Waals surface area (Å²) in [5.41, 5.74) is 6.86. The van der Waals surface area contributed by atoms with Gasteiger partial charge in [0.15, 0.2) is 0 Å². The molecule has 5 aromatic rings. The van der Waals surface area contributed by atoms with Gasteiger partial charge in [-0.05, 0) is 53.1 Å². The molecule has 38 heavy (non-hydrogen) atoms. The van der Waals surface area contributed by atoms with E-state index in [1.54, 1.807) is 0 Å². The quantitative estimate of drug-likeness (QED) is 0.149. The molecular formula is C35H37N3. The summed E-state index contributed by atoms with van der Waals surface area (Å²) >= 11 is 0. The molecule has 3 heteroatoms. The van der Waals surface area contributed by atoms with E-state index >= 15 is 0 Å². The van der Waals surface area contributed by atoms with E-state index < -0.39 is 0 Å². The van der Waals surface area contributed by atoms with Gasteiger partial charge in [-0.1, -0.05) is 124 Å². The Bertz CT molecular complexity index is 1270. The van der Waals surface area contributed by atoms with E-state index in [1.807, 2.05) is 47.6 Å². The van der Waals surface area contributed by atoms with Crippen molar-refractivity contribution in [2.24, 2.45) is 5.10 Å². The number of nitrogens with zero attached hydrogens (tertiary/aromatic N) is 3. The van der Waals surface area contributed by atoms with E-state index in [9.17, 15) is 0 Å². The molecule has 0 heterocycles. The van der Waals surface area contributed by atoms with Crippen LogP contribution in [0.1, 0.15) is 31.5 Å². The Hall–Kier alpha value is -4.63. The molecule has 0 amide bonds. The Morgan fingerprint density at radius 3 is 1.26 bits per heavy atom. The zero-order chi connectivity index (χ0) is 24.4. The van der Waals surface area contributed by atoms with Crippen LogP contribution < -0.4 is 9.91 Å². The summed E-state index contributed by atoms with van der Waals surface area (Å²) < 4.78 is 0. The van der Waals surface area contributed by atoms with Crippen LogP contribution in [0.4, 0.5) is 17.1 Å². The molecule has 0 saturated heterocycles. The Labute approximate surface area is 228 Å². The molecule has 3 nitrogen and oxygen atoms in total. The highest BCUT2D eigenvalue weighted by atomic mass is 15.5. The lowest BCUT2D eigenvalue weighted by molar-refractivity contribution is 0.800. The lowest BCUT2D eigenvalue weighted by atomic mass is 10.1. The summed E-state index contributed by atoms with van der Waals surface area (Å²) in [6, 6.07) is 50.3. The van der Waals surface area contributed by atoms with E-state index in [2.05, 4.69) is 114 Å². The van der Waals surface area contributed by atoms with Crippen LogP contribution >= 0.6 is 0 Å². The van der Waals surface area contributed by atoms with Gasteiger partial charge in [-0.3, -0.25) is 0 Å². The standard InChI is InChI=1S/C33H29N3.2CH4/c1-5-13-29(14-6-1)26-35(27-30-15-7-2-8-16-30)31-23-21-28(22-24-31)25-34-36(32-17-9-3-10-18-32)33-19-11-4-12-20-33;;/h1-25H,26-27H2;2*1H4/b34-25+;;. The first kappa shape index (κ1) is 27.9. The van der Waals surface area contributed by atoms with Crippen molar-refractivity contribution in [3.63, 3.8) is 0 Å². The molecule has 0 unspecified atom stereocenters. The molecule has 0 saturated carbocycles. The number of benzene rings is 5. The van der Waals surface area contributed by atoms with Gasteiger partial charge in [0, 0.05) is 18.8 Å². The normalized spacial score (nSPS) is 10.3. The first-order valence-electron chi connectivity index (χ1n) is 12.2. The van der Waals surface area contributed by atoms with Crippen LogP contribution in [0.25, 0.3) is 0 Å². The monoisotopic (exact) mass is 499 g/mol. The van der Waals surface area contributed by atoms with Crippen LogP contribution in [0.15, 0.2) is 151 Å². The highest BCUT2D eigenvalue weighted by molar-refractivity contribution is 5.82. The van der Waals surface area contributed by atoms with Crippen LogP contribution in [-0.4, -0.2) is 6.21 Å². The van der Waals surface area contributed by atoms with Gasteiger partial charge >= 0.3 is 0 Å². The number of hydrazone groups is 1. The SMILES string of the molecule is C.C.C(=N\N(c1ccccc1)c1ccccc1)/c1ccc(N(Cc2ccccc2)Cc2ccccc2)cc1. The maximum atomic E-state index is 4.84. The molecule has 0 aliphatic carbocycles. The molecular weight excluding hydrogens is 462 g/mol. The van der Waals surface area contributed by atoms with Gasteiger partial charge in [-0.25, -0.2) is 5.01 Å². The Kier molecular flexibility index (Phi) is 10.4. The van der Waals surface area contributed by atoms with Crippen molar-refractivity contribution in [1.82, 2.24) is 0 Å². The fourth-order valence-corrected chi connectivity index (χ4v) is 4.16. The van der Waals surface area contributed by atoms with Gasteiger partial charge in [0.2, 0.25) is 0 Å². The minimum atomic E-state index is 0. The second kappa shape index (κ2) is 14.2. The van der Waals surface area contributed by atoms with Crippen molar-refractivity contribution in [3.05, 3.63) is 162 Å². The molecule has 0 spiro atoms. The average Bonchev–Trinajstić information content (AvgIpc) is 2.95. The summed E-state index contributed by atoms with van der Waals surface area (Å²) in [5, 5.41) is 6.80. The van der Waals surface area contributed by atoms with Crippen molar-refractivity contribution in [3.8, 4) is 0 Å². The smallest absolute Gasteiger partial charge is 0.0652 e. The molecule has 0 N–H and O–H groups in total. The lowest BCUT2D eigenvalue weighted by Crippen LogP contribution is -2.22. The zero-order valence-corrected chi connectivity index (χ0v) is 20.2. The molecule has 5 aromatic carbocycles. The second-order valence-corrected chi connectivity index (χ2v) is 8.65. The molecule has 0 atom stereocenters. The van der Waals surface area contributed by atoms with E-state index in [-0.39, 0.29) is 14.9 Å². The van der Waals surface area contributed by atoms with Crippen LogP contribution in [0.3, 0.4) is 0 Å². The number of hydrogen-bond acceptors (Lipinski definition) is 3. The van der Waals surface area contributed by atoms with Gasteiger partial charge in [0.05, 0.1) is 17.6 Å². The molecule has 0 radical (unpaired) electrons. The van der Waals surface area contributed by atoms with E-state index in [0.29, 0.717) is 0 Å². The molecule has 5 rings (SSSR count). The van der Waals surface area contributed by atoms with Crippen molar-refractivity contribution >= 4 is 23.3 Å². The van der Waals surface area contributed by atoms with E-state index in [1.165, 1.54) is 16.8 Å². The predicted octanol–water partition coefficient (Wildman–Crippen LogP) is 9.34. The minimum Gasteiger partial charge on any atom is -0.363 e. The van der Waals surface area contributed by atoms with Crippen molar-refractivity contribution < 1.29 is 0 Å². The summed E-state index contributed by atoms with van der Waals surface area (Å²) in [6.45, 7) is 1.69. The van der Waals surface area contributed by atoms with Gasteiger partial charge in [-0.2, -0.15) is 5.10 Å². The molecule has 0 aromatic heterocycles. The number of para-hydroxylation sites is 2. The summed E-state index contributed by atoms with van der Waals surface area (Å²) in [6.07, 6.45) is 1.92. The van der Waals surface area contributed by atoms with E-state index in [0.717, 1.165) is 30.0 Å². The van der Waals surface area contributed by atoms with Crippen LogP contribution in [0, 0.1) is 0 Å². The van der Waals surface area contributed by atoms with Crippen molar-refractivity contribution in [2.75, 3.05) is 9.91 Å². The fourth-order valence-electron chi connectivity index (χ4n) is 4.16. The van der Waals surface area contributed by atoms with Gasteiger partial charge in [0.1, 0.15) is 0 Å².